The van der Waals surface area contributed by atoms with Gasteiger partial charge in [0.2, 0.25) is 0 Å². The van der Waals surface area contributed by atoms with Crippen molar-refractivity contribution in [1.82, 2.24) is 0 Å². The molecule has 0 amide bonds. The molecule has 0 N–H and O–H groups in total. The molecule has 0 unspecified atom stereocenters. The minimum Gasteiger partial charge on any atom is -0.550 e. The zero-order valence-electron chi connectivity index (χ0n) is 33.6. The summed E-state index contributed by atoms with van der Waals surface area (Å²) in [6, 6.07) is 0. The lowest BCUT2D eigenvalue weighted by Crippen LogP contribution is -2.50. The van der Waals surface area contributed by atoms with Crippen LogP contribution < -0.4 is 5.11 Å². The van der Waals surface area contributed by atoms with Crippen LogP contribution in [0.25, 0.3) is 0 Å². The van der Waals surface area contributed by atoms with Crippen molar-refractivity contribution in [2.24, 2.45) is 0 Å². The fraction of sp³-hybridized carbons (Fsp3) is 0.977. The second kappa shape index (κ2) is 41.6. The van der Waals surface area contributed by atoms with E-state index in [1.54, 1.807) is 0 Å². The quantitative estimate of drug-likeness (QED) is 0.0486. The van der Waals surface area contributed by atoms with Gasteiger partial charge in [-0.05, 0) is 64.2 Å². The summed E-state index contributed by atoms with van der Waals surface area (Å²) in [5.74, 6) is -0.909. The molecular formula is C44H91NO2. The first-order valence-corrected chi connectivity index (χ1v) is 22.1. The Balaban J connectivity index is 0. The fourth-order valence-corrected chi connectivity index (χ4v) is 7.16. The van der Waals surface area contributed by atoms with Gasteiger partial charge in [-0.1, -0.05) is 189 Å². The molecule has 0 fully saturated rings. The van der Waals surface area contributed by atoms with Crippen molar-refractivity contribution in [2.45, 2.75) is 253 Å². The lowest BCUT2D eigenvalue weighted by Gasteiger charge is -2.40. The summed E-state index contributed by atoms with van der Waals surface area (Å²) in [5, 5.41) is 10.1. The van der Waals surface area contributed by atoms with E-state index in [0.29, 0.717) is 0 Å². The molecule has 0 aromatic heterocycles. The third-order valence-electron chi connectivity index (χ3n) is 10.4. The van der Waals surface area contributed by atoms with Crippen LogP contribution >= 0.6 is 0 Å². The predicted octanol–water partition coefficient (Wildman–Crippen LogP) is 13.9. The highest BCUT2D eigenvalue weighted by Crippen LogP contribution is 2.21. The Labute approximate surface area is 298 Å². The number of unbranched alkanes of at least 4 members (excludes halogenated alkanes) is 28. The Morgan fingerprint density at radius 2 is 0.511 bits per heavy atom. The predicted molar refractivity (Wildman–Crippen MR) is 210 cm³/mol. The third-order valence-corrected chi connectivity index (χ3v) is 10.4. The Bertz CT molecular complexity index is 508. The Morgan fingerprint density at radius 1 is 0.319 bits per heavy atom. The molecule has 0 rings (SSSR count). The molecule has 0 radical (unpaired) electrons. The van der Waals surface area contributed by atoms with E-state index in [0.717, 1.165) is 12.8 Å². The summed E-state index contributed by atoms with van der Waals surface area (Å²) in [4.78, 5) is 10.1. The standard InChI is InChI=1S/C32H68N.C12H24O2/c1-5-9-13-17-21-25-29-33(30-26-22-18-14-10-6-2,31-27-23-19-15-11-7-3)32-28-24-20-16-12-8-4;1-2-3-4-5-6-7-8-9-10-11-12(13)14/h5-32H2,1-4H3;2-11H2,1H3,(H,13,14)/q+1;/p-1. The van der Waals surface area contributed by atoms with Gasteiger partial charge in [-0.2, -0.15) is 0 Å². The van der Waals surface area contributed by atoms with Crippen LogP contribution in [0.15, 0.2) is 0 Å². The molecule has 0 bridgehead atoms. The van der Waals surface area contributed by atoms with Gasteiger partial charge in [0.1, 0.15) is 0 Å². The molecule has 0 atom stereocenters. The maximum absolute atomic E-state index is 10.1. The van der Waals surface area contributed by atoms with Gasteiger partial charge in [-0.3, -0.25) is 0 Å². The van der Waals surface area contributed by atoms with Gasteiger partial charge in [0.05, 0.1) is 26.2 Å². The number of nitrogens with zero attached hydrogens (tertiary/aromatic N) is 1. The normalized spacial score (nSPS) is 11.5. The summed E-state index contributed by atoms with van der Waals surface area (Å²) < 4.78 is 1.48. The molecule has 0 saturated carbocycles. The lowest BCUT2D eigenvalue weighted by atomic mass is 10.0. The molecule has 0 aromatic rings. The molecule has 3 nitrogen and oxygen atoms in total. The molecule has 0 spiro atoms. The second-order valence-corrected chi connectivity index (χ2v) is 15.3. The van der Waals surface area contributed by atoms with Gasteiger partial charge in [0.15, 0.2) is 0 Å². The molecule has 0 aliphatic rings. The Kier molecular flexibility index (Phi) is 43.0. The van der Waals surface area contributed by atoms with Gasteiger partial charge in [0.25, 0.3) is 0 Å². The average Bonchev–Trinajstić information content (AvgIpc) is 3.07. The number of carboxylic acid groups (broad SMARTS) is 1. The molecule has 0 aromatic carbocycles. The first kappa shape index (κ1) is 48.5. The zero-order valence-corrected chi connectivity index (χ0v) is 33.6. The summed E-state index contributed by atoms with van der Waals surface area (Å²) in [5.41, 5.74) is 0. The highest BCUT2D eigenvalue weighted by molar-refractivity contribution is 5.64. The van der Waals surface area contributed by atoms with E-state index in [-0.39, 0.29) is 6.42 Å². The van der Waals surface area contributed by atoms with Crippen LogP contribution in [-0.4, -0.2) is 36.6 Å². The van der Waals surface area contributed by atoms with Crippen LogP contribution in [0.5, 0.6) is 0 Å². The average molecular weight is 666 g/mol. The largest absolute Gasteiger partial charge is 0.550 e. The van der Waals surface area contributed by atoms with E-state index in [2.05, 4.69) is 34.6 Å². The van der Waals surface area contributed by atoms with E-state index in [1.807, 2.05) is 0 Å². The van der Waals surface area contributed by atoms with Crippen LogP contribution in [-0.2, 0) is 4.79 Å². The minimum absolute atomic E-state index is 0.232. The van der Waals surface area contributed by atoms with Crippen molar-refractivity contribution in [3.8, 4) is 0 Å². The fourth-order valence-electron chi connectivity index (χ4n) is 7.16. The maximum Gasteiger partial charge on any atom is 0.0786 e. The first-order chi connectivity index (χ1) is 23.0. The van der Waals surface area contributed by atoms with Gasteiger partial charge >= 0.3 is 0 Å². The SMILES string of the molecule is CCCCCCCCCCCC(=O)[O-].CCCCCCCC[N+](CCCCCCCC)(CCCCCCCC)CCCCCCCC. The number of rotatable bonds is 38. The summed E-state index contributed by atoms with van der Waals surface area (Å²) in [6.07, 6.45) is 45.9. The molecule has 0 heterocycles. The maximum atomic E-state index is 10.1. The first-order valence-electron chi connectivity index (χ1n) is 22.1. The van der Waals surface area contributed by atoms with Crippen LogP contribution in [0.3, 0.4) is 0 Å². The van der Waals surface area contributed by atoms with E-state index >= 15 is 0 Å². The van der Waals surface area contributed by atoms with E-state index < -0.39 is 5.97 Å². The van der Waals surface area contributed by atoms with Crippen molar-refractivity contribution < 1.29 is 14.4 Å². The van der Waals surface area contributed by atoms with Gasteiger partial charge in [-0.15, -0.1) is 0 Å². The van der Waals surface area contributed by atoms with Crippen molar-refractivity contribution in [3.05, 3.63) is 0 Å². The molecule has 0 aliphatic heterocycles. The highest BCUT2D eigenvalue weighted by atomic mass is 16.4. The molecular weight excluding hydrogens is 574 g/mol. The monoisotopic (exact) mass is 666 g/mol. The van der Waals surface area contributed by atoms with Gasteiger partial charge < -0.3 is 14.4 Å². The molecule has 284 valence electrons. The molecule has 0 aliphatic carbocycles. The number of hydrogen-bond acceptors (Lipinski definition) is 2. The second-order valence-electron chi connectivity index (χ2n) is 15.3. The Morgan fingerprint density at radius 3 is 0.723 bits per heavy atom. The summed E-state index contributed by atoms with van der Waals surface area (Å²) in [7, 11) is 0. The van der Waals surface area contributed by atoms with Gasteiger partial charge in [-0.25, -0.2) is 0 Å². The lowest BCUT2D eigenvalue weighted by molar-refractivity contribution is -0.929. The topological polar surface area (TPSA) is 40.1 Å². The Hall–Kier alpha value is -0.570. The van der Waals surface area contributed by atoms with E-state index in [1.165, 1.54) is 230 Å². The van der Waals surface area contributed by atoms with Crippen molar-refractivity contribution in [3.63, 3.8) is 0 Å². The number of carbonyl (C=O) groups is 1. The number of quaternary nitrogens is 1. The minimum atomic E-state index is -0.909. The summed E-state index contributed by atoms with van der Waals surface area (Å²) in [6.45, 7) is 17.5. The zero-order chi connectivity index (χ0) is 34.9. The van der Waals surface area contributed by atoms with E-state index in [4.69, 9.17) is 0 Å². The van der Waals surface area contributed by atoms with E-state index in [9.17, 15) is 9.90 Å². The van der Waals surface area contributed by atoms with Crippen molar-refractivity contribution in [2.75, 3.05) is 26.2 Å². The number of carbonyl (C=O) groups excluding carboxylic acids is 1. The number of hydrogen-bond donors (Lipinski definition) is 0. The van der Waals surface area contributed by atoms with Crippen LogP contribution in [0.4, 0.5) is 0 Å². The van der Waals surface area contributed by atoms with Gasteiger partial charge in [0, 0.05) is 5.97 Å². The number of carboxylic acids is 1. The van der Waals surface area contributed by atoms with Crippen LogP contribution in [0, 0.1) is 0 Å². The van der Waals surface area contributed by atoms with Crippen LogP contribution in [0.2, 0.25) is 0 Å². The van der Waals surface area contributed by atoms with Crippen LogP contribution in [0.1, 0.15) is 253 Å². The van der Waals surface area contributed by atoms with Crippen molar-refractivity contribution >= 4 is 5.97 Å². The third kappa shape index (κ3) is 39.7. The number of aliphatic carboxylic acids is 1. The molecule has 0 saturated heterocycles. The smallest absolute Gasteiger partial charge is 0.0786 e. The molecule has 47 heavy (non-hydrogen) atoms. The van der Waals surface area contributed by atoms with Crippen molar-refractivity contribution in [1.29, 1.82) is 0 Å². The summed E-state index contributed by atoms with van der Waals surface area (Å²) >= 11 is 0. The highest BCUT2D eigenvalue weighted by Gasteiger charge is 2.25. The molecule has 3 heteroatoms.